The van der Waals surface area contributed by atoms with Crippen LogP contribution in [0.1, 0.15) is 15.9 Å². The van der Waals surface area contributed by atoms with Gasteiger partial charge in [0.2, 0.25) is 0 Å². The van der Waals surface area contributed by atoms with E-state index in [1.165, 1.54) is 0 Å². The van der Waals surface area contributed by atoms with E-state index in [-0.39, 0.29) is 18.0 Å². The van der Waals surface area contributed by atoms with Crippen LogP contribution >= 0.6 is 12.4 Å². The summed E-state index contributed by atoms with van der Waals surface area (Å²) < 4.78 is 0. The number of carboxylic acid groups (broad SMARTS) is 1. The van der Waals surface area contributed by atoms with Gasteiger partial charge in [-0.15, -0.1) is 18.8 Å². The van der Waals surface area contributed by atoms with Crippen molar-refractivity contribution in [2.45, 2.75) is 0 Å². The second-order valence-electron chi connectivity index (χ2n) is 3.58. The Labute approximate surface area is 112 Å². The van der Waals surface area contributed by atoms with E-state index >= 15 is 0 Å². The molecular weight excluding hydrogens is 248 g/mol. The van der Waals surface area contributed by atoms with E-state index < -0.39 is 5.97 Å². The Balaban J connectivity index is 0.00000162. The van der Waals surface area contributed by atoms with Crippen molar-refractivity contribution in [2.24, 2.45) is 0 Å². The Morgan fingerprint density at radius 2 is 1.72 bits per heavy atom. The van der Waals surface area contributed by atoms with Crippen molar-refractivity contribution in [3.63, 3.8) is 0 Å². The number of carboxylic acids is 1. The second-order valence-corrected chi connectivity index (χ2v) is 3.58. The van der Waals surface area contributed by atoms with Crippen LogP contribution in [0.15, 0.2) is 48.5 Å². The summed E-state index contributed by atoms with van der Waals surface area (Å²) >= 11 is 0. The van der Waals surface area contributed by atoms with Gasteiger partial charge in [0.05, 0.1) is 5.56 Å². The van der Waals surface area contributed by atoms with Crippen molar-refractivity contribution in [2.75, 3.05) is 0 Å². The van der Waals surface area contributed by atoms with Gasteiger partial charge in [-0.2, -0.15) is 0 Å². The maximum atomic E-state index is 10.9. The van der Waals surface area contributed by atoms with Crippen molar-refractivity contribution in [3.8, 4) is 23.5 Å². The minimum Gasteiger partial charge on any atom is -0.478 e. The van der Waals surface area contributed by atoms with Crippen molar-refractivity contribution < 1.29 is 9.90 Å². The van der Waals surface area contributed by atoms with Crippen LogP contribution in [0.5, 0.6) is 0 Å². The number of terminal acetylenes is 1. The van der Waals surface area contributed by atoms with Gasteiger partial charge in [-0.05, 0) is 23.3 Å². The molecule has 3 heteroatoms. The highest BCUT2D eigenvalue weighted by molar-refractivity contribution is 5.91. The van der Waals surface area contributed by atoms with E-state index in [9.17, 15) is 4.79 Å². The topological polar surface area (TPSA) is 37.3 Å². The quantitative estimate of drug-likeness (QED) is 0.838. The summed E-state index contributed by atoms with van der Waals surface area (Å²) in [6.07, 6.45) is 5.32. The number of halogens is 1. The van der Waals surface area contributed by atoms with Crippen LogP contribution in [0.2, 0.25) is 0 Å². The van der Waals surface area contributed by atoms with Crippen molar-refractivity contribution in [3.05, 3.63) is 59.7 Å². The van der Waals surface area contributed by atoms with Gasteiger partial charge >= 0.3 is 5.97 Å². The maximum absolute atomic E-state index is 10.9. The van der Waals surface area contributed by atoms with Gasteiger partial charge in [-0.1, -0.05) is 42.3 Å². The molecule has 0 amide bonds. The molecule has 0 spiro atoms. The third kappa shape index (κ3) is 2.71. The summed E-state index contributed by atoms with van der Waals surface area (Å²) in [5.41, 5.74) is 2.50. The van der Waals surface area contributed by atoms with Crippen molar-refractivity contribution in [1.29, 1.82) is 0 Å². The zero-order valence-corrected chi connectivity index (χ0v) is 10.3. The average Bonchev–Trinajstić information content (AvgIpc) is 2.39. The van der Waals surface area contributed by atoms with E-state index in [2.05, 4.69) is 5.92 Å². The van der Waals surface area contributed by atoms with Crippen LogP contribution in [-0.2, 0) is 0 Å². The van der Waals surface area contributed by atoms with Gasteiger partial charge in [0.15, 0.2) is 0 Å². The molecule has 0 aromatic heterocycles. The normalized spacial score (nSPS) is 9.06. The molecule has 0 aliphatic rings. The standard InChI is InChI=1S/C15H10O2.ClH/c1-2-11-10-13(8-9-14(11)15(16)17)12-6-4-3-5-7-12;/h1,3-10H,(H,16,17);1H. The average molecular weight is 259 g/mol. The molecule has 90 valence electrons. The lowest BCUT2D eigenvalue weighted by atomic mass is 9.99. The molecular formula is C15H11ClO2. The molecule has 0 unspecified atom stereocenters. The monoisotopic (exact) mass is 258 g/mol. The third-order valence-electron chi connectivity index (χ3n) is 2.51. The van der Waals surface area contributed by atoms with Crippen LogP contribution in [-0.4, -0.2) is 11.1 Å². The zero-order valence-electron chi connectivity index (χ0n) is 9.46. The lowest BCUT2D eigenvalue weighted by molar-refractivity contribution is 0.0696. The Morgan fingerprint density at radius 3 is 2.28 bits per heavy atom. The van der Waals surface area contributed by atoms with Crippen LogP contribution in [0.25, 0.3) is 11.1 Å². The zero-order chi connectivity index (χ0) is 12.3. The SMILES string of the molecule is C#Cc1cc(-c2ccccc2)ccc1C(=O)O.Cl. The van der Waals surface area contributed by atoms with Crippen LogP contribution in [0, 0.1) is 12.3 Å². The molecule has 0 saturated heterocycles. The number of hydrogen-bond acceptors (Lipinski definition) is 1. The number of rotatable bonds is 2. The van der Waals surface area contributed by atoms with E-state index in [1.807, 2.05) is 30.3 Å². The molecule has 0 atom stereocenters. The first-order valence-electron chi connectivity index (χ1n) is 5.12. The molecule has 18 heavy (non-hydrogen) atoms. The fourth-order valence-corrected chi connectivity index (χ4v) is 1.66. The van der Waals surface area contributed by atoms with E-state index in [0.29, 0.717) is 5.56 Å². The molecule has 0 bridgehead atoms. The van der Waals surface area contributed by atoms with Gasteiger partial charge in [0.1, 0.15) is 0 Å². The molecule has 0 fully saturated rings. The first-order chi connectivity index (χ1) is 8.22. The Morgan fingerprint density at radius 1 is 1.06 bits per heavy atom. The second kappa shape index (κ2) is 5.90. The van der Waals surface area contributed by atoms with Crippen LogP contribution in [0.3, 0.4) is 0 Å². The first-order valence-corrected chi connectivity index (χ1v) is 5.12. The Kier molecular flexibility index (Phi) is 4.53. The number of carbonyl (C=O) groups is 1. The number of benzene rings is 2. The molecule has 2 aromatic rings. The highest BCUT2D eigenvalue weighted by Gasteiger charge is 2.09. The Hall–Kier alpha value is -2.24. The Bertz CT molecular complexity index is 598. The van der Waals surface area contributed by atoms with Gasteiger partial charge < -0.3 is 5.11 Å². The molecule has 2 nitrogen and oxygen atoms in total. The van der Waals surface area contributed by atoms with Crippen molar-refractivity contribution >= 4 is 18.4 Å². The predicted molar refractivity (Wildman–Crippen MR) is 74.0 cm³/mol. The highest BCUT2D eigenvalue weighted by Crippen LogP contribution is 2.22. The predicted octanol–water partition coefficient (Wildman–Crippen LogP) is 3.45. The molecule has 0 radical (unpaired) electrons. The van der Waals surface area contributed by atoms with Crippen LogP contribution < -0.4 is 0 Å². The van der Waals surface area contributed by atoms with E-state index in [4.69, 9.17) is 11.5 Å². The number of hydrogen-bond donors (Lipinski definition) is 1. The summed E-state index contributed by atoms with van der Waals surface area (Å²) in [5, 5.41) is 8.96. The minimum absolute atomic E-state index is 0. The first kappa shape index (κ1) is 13.8. The fraction of sp³-hybridized carbons (Fsp3) is 0. The van der Waals surface area contributed by atoms with Crippen LogP contribution in [0.4, 0.5) is 0 Å². The fourth-order valence-electron chi connectivity index (χ4n) is 1.66. The summed E-state index contributed by atoms with van der Waals surface area (Å²) in [6, 6.07) is 14.7. The molecule has 0 heterocycles. The number of aromatic carboxylic acids is 1. The largest absolute Gasteiger partial charge is 0.478 e. The smallest absolute Gasteiger partial charge is 0.336 e. The van der Waals surface area contributed by atoms with Gasteiger partial charge in [-0.3, -0.25) is 0 Å². The third-order valence-corrected chi connectivity index (χ3v) is 2.51. The lowest BCUT2D eigenvalue weighted by Crippen LogP contribution is -2.00. The van der Waals surface area contributed by atoms with Gasteiger partial charge in [0, 0.05) is 5.56 Å². The summed E-state index contributed by atoms with van der Waals surface area (Å²) in [6.45, 7) is 0. The van der Waals surface area contributed by atoms with E-state index in [1.54, 1.807) is 18.2 Å². The molecule has 2 aromatic carbocycles. The maximum Gasteiger partial charge on any atom is 0.336 e. The van der Waals surface area contributed by atoms with Crippen molar-refractivity contribution in [1.82, 2.24) is 0 Å². The minimum atomic E-state index is -1.00. The van der Waals surface area contributed by atoms with Gasteiger partial charge in [-0.25, -0.2) is 4.79 Å². The summed E-state index contributed by atoms with van der Waals surface area (Å²) in [4.78, 5) is 10.9. The lowest BCUT2D eigenvalue weighted by Gasteiger charge is -2.04. The molecule has 1 N–H and O–H groups in total. The van der Waals surface area contributed by atoms with E-state index in [0.717, 1.165) is 11.1 Å². The van der Waals surface area contributed by atoms with Gasteiger partial charge in [0.25, 0.3) is 0 Å². The summed E-state index contributed by atoms with van der Waals surface area (Å²) in [7, 11) is 0. The molecule has 0 aliphatic carbocycles. The molecule has 2 rings (SSSR count). The molecule has 0 saturated carbocycles. The molecule has 0 aliphatic heterocycles. The summed E-state index contributed by atoms with van der Waals surface area (Å²) in [5.74, 6) is 1.40. The highest BCUT2D eigenvalue weighted by atomic mass is 35.5.